The van der Waals surface area contributed by atoms with Crippen molar-refractivity contribution in [2.45, 2.75) is 39.0 Å². The SMILES string of the molecule is Cc1ncc(-c2ccc3nnc(CC(=O)N4CCC(CCCF)CC4)cc3c2)o1. The first-order chi connectivity index (χ1) is 14.1. The number of aryl methyl sites for hydroxylation is 1. The number of hydrogen-bond donors (Lipinski definition) is 0. The molecule has 152 valence electrons. The highest BCUT2D eigenvalue weighted by atomic mass is 19.1. The molecule has 7 heteroatoms. The third-order valence-electron chi connectivity index (χ3n) is 5.59. The van der Waals surface area contributed by atoms with Crippen LogP contribution in [-0.4, -0.2) is 45.8 Å². The fourth-order valence-corrected chi connectivity index (χ4v) is 3.93. The Morgan fingerprint density at radius 3 is 2.79 bits per heavy atom. The second kappa shape index (κ2) is 8.68. The Morgan fingerprint density at radius 2 is 2.07 bits per heavy atom. The summed E-state index contributed by atoms with van der Waals surface area (Å²) >= 11 is 0. The normalized spacial score (nSPS) is 15.2. The summed E-state index contributed by atoms with van der Waals surface area (Å²) < 4.78 is 17.9. The second-order valence-corrected chi connectivity index (χ2v) is 7.68. The Hall–Kier alpha value is -2.83. The van der Waals surface area contributed by atoms with E-state index in [0.717, 1.165) is 48.8 Å². The number of piperidine rings is 1. The van der Waals surface area contributed by atoms with E-state index in [1.807, 2.05) is 36.1 Å². The van der Waals surface area contributed by atoms with Gasteiger partial charge in [0.2, 0.25) is 5.91 Å². The van der Waals surface area contributed by atoms with Crippen LogP contribution in [0.3, 0.4) is 0 Å². The van der Waals surface area contributed by atoms with Crippen molar-refractivity contribution >= 4 is 16.8 Å². The van der Waals surface area contributed by atoms with E-state index >= 15 is 0 Å². The molecule has 0 unspecified atom stereocenters. The van der Waals surface area contributed by atoms with Crippen LogP contribution in [0.2, 0.25) is 0 Å². The van der Waals surface area contributed by atoms with Crippen molar-refractivity contribution in [1.29, 1.82) is 0 Å². The lowest BCUT2D eigenvalue weighted by Gasteiger charge is -2.32. The zero-order valence-electron chi connectivity index (χ0n) is 16.6. The van der Waals surface area contributed by atoms with E-state index in [9.17, 15) is 9.18 Å². The summed E-state index contributed by atoms with van der Waals surface area (Å²) in [6.45, 7) is 3.04. The smallest absolute Gasteiger partial charge is 0.228 e. The summed E-state index contributed by atoms with van der Waals surface area (Å²) in [4.78, 5) is 18.7. The number of carbonyl (C=O) groups excluding carboxylic acids is 1. The highest BCUT2D eigenvalue weighted by Gasteiger charge is 2.23. The topological polar surface area (TPSA) is 72.1 Å². The van der Waals surface area contributed by atoms with Gasteiger partial charge in [-0.2, -0.15) is 10.2 Å². The highest BCUT2D eigenvalue weighted by molar-refractivity contribution is 5.85. The van der Waals surface area contributed by atoms with E-state index in [1.165, 1.54) is 0 Å². The molecule has 0 radical (unpaired) electrons. The van der Waals surface area contributed by atoms with Gasteiger partial charge in [0.1, 0.15) is 0 Å². The van der Waals surface area contributed by atoms with Gasteiger partial charge >= 0.3 is 0 Å². The molecule has 1 fully saturated rings. The molecule has 0 N–H and O–H groups in total. The maximum atomic E-state index is 12.7. The van der Waals surface area contributed by atoms with E-state index in [1.54, 1.807) is 6.20 Å². The van der Waals surface area contributed by atoms with E-state index in [0.29, 0.717) is 29.7 Å². The molecule has 1 aliphatic heterocycles. The lowest BCUT2D eigenvalue weighted by Crippen LogP contribution is -2.39. The number of hydrogen-bond acceptors (Lipinski definition) is 5. The van der Waals surface area contributed by atoms with Crippen molar-refractivity contribution in [3.05, 3.63) is 42.0 Å². The molecule has 1 amide bonds. The number of fused-ring (bicyclic) bond motifs is 1. The molecule has 4 rings (SSSR count). The summed E-state index contributed by atoms with van der Waals surface area (Å²) in [6.07, 6.45) is 5.39. The second-order valence-electron chi connectivity index (χ2n) is 7.68. The van der Waals surface area contributed by atoms with Crippen molar-refractivity contribution < 1.29 is 13.6 Å². The van der Waals surface area contributed by atoms with Gasteiger partial charge in [0.05, 0.1) is 30.5 Å². The maximum absolute atomic E-state index is 12.7. The minimum absolute atomic E-state index is 0.0737. The molecule has 6 nitrogen and oxygen atoms in total. The van der Waals surface area contributed by atoms with Crippen molar-refractivity contribution in [1.82, 2.24) is 20.1 Å². The average Bonchev–Trinajstić information content (AvgIpc) is 3.18. The molecule has 0 bridgehead atoms. The Labute approximate surface area is 169 Å². The number of likely N-dealkylation sites (tertiary alicyclic amines) is 1. The molecule has 0 aliphatic carbocycles. The van der Waals surface area contributed by atoms with Crippen molar-refractivity contribution in [3.8, 4) is 11.3 Å². The van der Waals surface area contributed by atoms with Crippen LogP contribution in [0.15, 0.2) is 34.9 Å². The zero-order chi connectivity index (χ0) is 20.2. The third kappa shape index (κ3) is 4.60. The highest BCUT2D eigenvalue weighted by Crippen LogP contribution is 2.25. The van der Waals surface area contributed by atoms with Crippen LogP contribution in [0.25, 0.3) is 22.2 Å². The number of carbonyl (C=O) groups is 1. The zero-order valence-corrected chi connectivity index (χ0v) is 16.6. The molecule has 0 atom stereocenters. The van der Waals surface area contributed by atoms with Gasteiger partial charge in [-0.1, -0.05) is 0 Å². The van der Waals surface area contributed by atoms with Crippen LogP contribution in [0, 0.1) is 12.8 Å². The quantitative estimate of drug-likeness (QED) is 0.627. The lowest BCUT2D eigenvalue weighted by molar-refractivity contribution is -0.131. The van der Waals surface area contributed by atoms with E-state index in [-0.39, 0.29) is 19.0 Å². The van der Waals surface area contributed by atoms with Gasteiger partial charge in [0, 0.05) is 31.0 Å². The Balaban J connectivity index is 1.43. The van der Waals surface area contributed by atoms with Gasteiger partial charge in [-0.15, -0.1) is 0 Å². The maximum Gasteiger partial charge on any atom is 0.228 e. The van der Waals surface area contributed by atoms with Crippen LogP contribution in [0.5, 0.6) is 0 Å². The number of amides is 1. The number of benzene rings is 1. The molecule has 0 saturated carbocycles. The van der Waals surface area contributed by atoms with Crippen molar-refractivity contribution in [2.75, 3.05) is 19.8 Å². The molecule has 29 heavy (non-hydrogen) atoms. The van der Waals surface area contributed by atoms with Crippen LogP contribution >= 0.6 is 0 Å². The third-order valence-corrected chi connectivity index (χ3v) is 5.59. The predicted octanol–water partition coefficient (Wildman–Crippen LogP) is 4.12. The number of aromatic nitrogens is 3. The number of alkyl halides is 1. The largest absolute Gasteiger partial charge is 0.441 e. The van der Waals surface area contributed by atoms with Crippen molar-refractivity contribution in [3.63, 3.8) is 0 Å². The fourth-order valence-electron chi connectivity index (χ4n) is 3.93. The summed E-state index contributed by atoms with van der Waals surface area (Å²) in [5.41, 5.74) is 2.35. The monoisotopic (exact) mass is 396 g/mol. The predicted molar refractivity (Wildman–Crippen MR) is 108 cm³/mol. The summed E-state index contributed by atoms with van der Waals surface area (Å²) in [7, 11) is 0. The Morgan fingerprint density at radius 1 is 1.24 bits per heavy atom. The molecule has 1 aromatic carbocycles. The van der Waals surface area contributed by atoms with Gasteiger partial charge in [0.15, 0.2) is 11.7 Å². The first kappa shape index (κ1) is 19.5. The molecule has 1 saturated heterocycles. The number of halogens is 1. The lowest BCUT2D eigenvalue weighted by atomic mass is 9.92. The minimum Gasteiger partial charge on any atom is -0.441 e. The van der Waals surface area contributed by atoms with Crippen LogP contribution in [0.1, 0.15) is 37.3 Å². The molecule has 0 spiro atoms. The Bertz CT molecular complexity index is 995. The summed E-state index contributed by atoms with van der Waals surface area (Å²) in [6, 6.07) is 7.72. The number of rotatable bonds is 6. The van der Waals surface area contributed by atoms with Gasteiger partial charge in [-0.3, -0.25) is 9.18 Å². The van der Waals surface area contributed by atoms with Crippen molar-refractivity contribution in [2.24, 2.45) is 5.92 Å². The minimum atomic E-state index is -0.252. The van der Waals surface area contributed by atoms with E-state index in [2.05, 4.69) is 15.2 Å². The Kier molecular flexibility index (Phi) is 5.83. The van der Waals surface area contributed by atoms with Gasteiger partial charge in [-0.25, -0.2) is 4.98 Å². The summed E-state index contributed by atoms with van der Waals surface area (Å²) in [5.74, 6) is 1.93. The molecular weight excluding hydrogens is 371 g/mol. The first-order valence-corrected chi connectivity index (χ1v) is 10.2. The fraction of sp³-hybridized carbons (Fsp3) is 0.455. The molecular formula is C22H25FN4O2. The van der Waals surface area contributed by atoms with E-state index < -0.39 is 0 Å². The van der Waals surface area contributed by atoms with Gasteiger partial charge < -0.3 is 9.32 Å². The van der Waals surface area contributed by atoms with E-state index in [4.69, 9.17) is 4.42 Å². The molecule has 1 aliphatic rings. The number of oxazole rings is 1. The van der Waals surface area contributed by atoms with Crippen LogP contribution in [0.4, 0.5) is 4.39 Å². The first-order valence-electron chi connectivity index (χ1n) is 10.2. The number of nitrogens with zero attached hydrogens (tertiary/aromatic N) is 4. The van der Waals surface area contributed by atoms with Gasteiger partial charge in [-0.05, 0) is 55.9 Å². The molecule has 3 aromatic rings. The standard InChI is InChI=1S/C22H25FN4O2/c1-15-24-14-21(29-15)17-4-5-20-18(11-17)12-19(25-26-20)13-22(28)27-9-6-16(7-10-27)3-2-8-23/h4-5,11-12,14,16H,2-3,6-10,13H2,1H3. The molecule has 3 heterocycles. The van der Waals surface area contributed by atoms with Crippen LogP contribution in [-0.2, 0) is 11.2 Å². The summed E-state index contributed by atoms with van der Waals surface area (Å²) in [5, 5.41) is 9.41. The average molecular weight is 396 g/mol. The van der Waals surface area contributed by atoms with Crippen LogP contribution < -0.4 is 0 Å². The van der Waals surface area contributed by atoms with Gasteiger partial charge in [0.25, 0.3) is 0 Å². The molecule has 2 aromatic heterocycles.